The van der Waals surface area contributed by atoms with E-state index in [2.05, 4.69) is 12.1 Å². The van der Waals surface area contributed by atoms with Crippen molar-refractivity contribution in [3.63, 3.8) is 0 Å². The molecule has 0 fully saturated rings. The monoisotopic (exact) mass is 475 g/mol. The summed E-state index contributed by atoms with van der Waals surface area (Å²) in [5.41, 5.74) is 2.00. The molecule has 3 heterocycles. The lowest BCUT2D eigenvalue weighted by atomic mass is 9.81. The molecule has 36 heavy (non-hydrogen) atoms. The van der Waals surface area contributed by atoms with Gasteiger partial charge in [-0.25, -0.2) is 0 Å². The number of hydrogen-bond acceptors (Lipinski definition) is 7. The molecular weight excluding hydrogens is 455 g/mol. The van der Waals surface area contributed by atoms with Gasteiger partial charge in [0, 0.05) is 12.0 Å². The predicted octanol–water partition coefficient (Wildman–Crippen LogP) is 4.91. The molecule has 0 saturated heterocycles. The second-order valence-corrected chi connectivity index (χ2v) is 8.70. The van der Waals surface area contributed by atoms with Gasteiger partial charge in [-0.2, -0.15) is 0 Å². The summed E-state index contributed by atoms with van der Waals surface area (Å²) < 4.78 is 38.1. The summed E-state index contributed by atoms with van der Waals surface area (Å²) in [5.74, 6) is 4.30. The van der Waals surface area contributed by atoms with Gasteiger partial charge in [0.2, 0.25) is 0 Å². The van der Waals surface area contributed by atoms with Crippen LogP contribution in [-0.2, 0) is 6.42 Å². The first-order valence-electron chi connectivity index (χ1n) is 11.9. The van der Waals surface area contributed by atoms with Gasteiger partial charge in [-0.3, -0.25) is 0 Å². The molecule has 7 nitrogen and oxygen atoms in total. The Hall–Kier alpha value is -4.33. The van der Waals surface area contributed by atoms with E-state index in [4.69, 9.17) is 27.9 Å². The van der Waals surface area contributed by atoms with Crippen LogP contribution < -0.4 is 32.6 Å². The average molecular weight is 475 g/mol. The van der Waals surface area contributed by atoms with Crippen molar-refractivity contribution in [1.82, 2.24) is 0 Å². The first-order valence-corrected chi connectivity index (χ1v) is 11.9. The number of nitrogens with zero attached hydrogens (tertiary/aromatic N) is 1. The smallest absolute Gasteiger partial charge is 0.523 e. The van der Waals surface area contributed by atoms with Crippen LogP contribution in [0.5, 0.6) is 34.5 Å². The third-order valence-corrected chi connectivity index (χ3v) is 6.33. The third kappa shape index (κ3) is 3.84. The van der Waals surface area contributed by atoms with Crippen molar-refractivity contribution in [1.29, 1.82) is 0 Å². The molecule has 4 aromatic rings. The van der Waals surface area contributed by atoms with E-state index in [1.54, 1.807) is 0 Å². The number of benzene rings is 4. The van der Waals surface area contributed by atoms with E-state index in [-0.39, 0.29) is 7.12 Å². The number of para-hydroxylation sites is 6. The molecule has 0 atom stereocenters. The third-order valence-electron chi connectivity index (χ3n) is 6.33. The van der Waals surface area contributed by atoms with E-state index in [9.17, 15) is 0 Å². The summed E-state index contributed by atoms with van der Waals surface area (Å²) in [6.45, 7) is 0. The number of fused-ring (bicyclic) bond motifs is 3. The van der Waals surface area contributed by atoms with Crippen LogP contribution in [0.15, 0.2) is 97.1 Å². The van der Waals surface area contributed by atoms with Crippen molar-refractivity contribution < 1.29 is 27.9 Å². The lowest BCUT2D eigenvalue weighted by Crippen LogP contribution is -2.58. The van der Waals surface area contributed by atoms with E-state index in [0.29, 0.717) is 23.0 Å². The summed E-state index contributed by atoms with van der Waals surface area (Å²) >= 11 is 0. The molecule has 10 heteroatoms. The van der Waals surface area contributed by atoms with Gasteiger partial charge in [0.05, 0.1) is 0 Å². The summed E-state index contributed by atoms with van der Waals surface area (Å²) in [7, 11) is -1.77. The minimum Gasteiger partial charge on any atom is -0.523 e. The van der Waals surface area contributed by atoms with Gasteiger partial charge in [-0.05, 0) is 60.5 Å². The quantitative estimate of drug-likeness (QED) is 0.368. The second kappa shape index (κ2) is 8.71. The largest absolute Gasteiger partial charge is 0.731 e. The molecule has 0 bridgehead atoms. The Bertz CT molecular complexity index is 1270. The minimum absolute atomic E-state index is 0.281. The molecule has 0 amide bonds. The summed E-state index contributed by atoms with van der Waals surface area (Å²) in [4.78, 5) is 0. The van der Waals surface area contributed by atoms with Crippen LogP contribution in [0.1, 0.15) is 5.56 Å². The minimum atomic E-state index is -0.744. The predicted molar refractivity (Wildman–Crippen MR) is 138 cm³/mol. The Morgan fingerprint density at radius 3 is 1.28 bits per heavy atom. The normalized spacial score (nSPS) is 14.4. The SMILES string of the molecule is c1ccc2c(c1)OB(CCc1ccc(N(B3Oc4ccccc4O3)B3Oc4ccccc4O3)cc1)O2. The molecule has 4 aromatic carbocycles. The fourth-order valence-electron chi connectivity index (χ4n) is 4.53. The summed E-state index contributed by atoms with van der Waals surface area (Å²) in [6.07, 6.45) is 1.55. The topological polar surface area (TPSA) is 58.6 Å². The highest BCUT2D eigenvalue weighted by Crippen LogP contribution is 2.39. The maximum atomic E-state index is 6.12. The summed E-state index contributed by atoms with van der Waals surface area (Å²) in [6, 6.07) is 31.1. The van der Waals surface area contributed by atoms with Crippen LogP contribution in [0.4, 0.5) is 5.69 Å². The van der Waals surface area contributed by atoms with Crippen LogP contribution in [0.25, 0.3) is 0 Å². The van der Waals surface area contributed by atoms with Crippen molar-refractivity contribution >= 4 is 27.3 Å². The fourth-order valence-corrected chi connectivity index (χ4v) is 4.53. The molecule has 3 aliphatic heterocycles. The molecule has 0 unspecified atom stereocenters. The van der Waals surface area contributed by atoms with E-state index in [1.807, 2.05) is 89.7 Å². The second-order valence-electron chi connectivity index (χ2n) is 8.70. The molecule has 0 N–H and O–H groups in total. The van der Waals surface area contributed by atoms with E-state index in [1.165, 1.54) is 0 Å². The zero-order valence-electron chi connectivity index (χ0n) is 19.3. The van der Waals surface area contributed by atoms with Crippen LogP contribution in [0, 0.1) is 0 Å². The van der Waals surface area contributed by atoms with Gasteiger partial charge in [0.15, 0.2) is 0 Å². The fraction of sp³-hybridized carbons (Fsp3) is 0.0769. The molecule has 0 aliphatic carbocycles. The van der Waals surface area contributed by atoms with E-state index in [0.717, 1.165) is 35.5 Å². The molecular formula is C26H20B3NO6. The van der Waals surface area contributed by atoms with Crippen LogP contribution >= 0.6 is 0 Å². The Kier molecular flexibility index (Phi) is 5.08. The molecule has 174 valence electrons. The maximum Gasteiger partial charge on any atom is 0.731 e. The van der Waals surface area contributed by atoms with E-state index >= 15 is 0 Å². The molecule has 0 saturated carbocycles. The Labute approximate surface area is 209 Å². The first kappa shape index (κ1) is 21.0. The first-order chi connectivity index (χ1) is 17.8. The standard InChI is InChI=1S/C26H20B3NO6/c1-2-8-22-21(7-1)31-27(32-22)18-17-19-13-15-20(16-14-19)30(28-33-23-9-3-4-10-24(23)34-28)29-35-25-11-5-6-12-26(25)36-29/h1-16H,17-18H2. The lowest BCUT2D eigenvalue weighted by Gasteiger charge is -2.25. The Morgan fingerprint density at radius 1 is 0.472 bits per heavy atom. The molecule has 0 radical (unpaired) electrons. The van der Waals surface area contributed by atoms with E-state index < -0.39 is 14.5 Å². The molecule has 0 spiro atoms. The summed E-state index contributed by atoms with van der Waals surface area (Å²) in [5, 5.41) is 0. The van der Waals surface area contributed by atoms with Gasteiger partial charge >= 0.3 is 21.6 Å². The average Bonchev–Trinajstić information content (AvgIpc) is 3.64. The highest BCUT2D eigenvalue weighted by molar-refractivity contribution is 6.74. The zero-order valence-corrected chi connectivity index (χ0v) is 19.3. The number of anilines is 1. The van der Waals surface area contributed by atoms with Crippen LogP contribution in [0.3, 0.4) is 0 Å². The van der Waals surface area contributed by atoms with Crippen molar-refractivity contribution in [3.8, 4) is 34.5 Å². The van der Waals surface area contributed by atoms with Gasteiger partial charge in [0.25, 0.3) is 0 Å². The number of hydrogen-bond donors (Lipinski definition) is 0. The van der Waals surface area contributed by atoms with Crippen molar-refractivity contribution in [2.45, 2.75) is 12.7 Å². The zero-order chi connectivity index (χ0) is 23.9. The molecule has 0 aromatic heterocycles. The Morgan fingerprint density at radius 2 is 0.861 bits per heavy atom. The van der Waals surface area contributed by atoms with Crippen LogP contribution in [0.2, 0.25) is 6.32 Å². The highest BCUT2D eigenvalue weighted by atomic mass is 16.7. The van der Waals surface area contributed by atoms with Gasteiger partial charge in [-0.15, -0.1) is 0 Å². The molecule has 7 rings (SSSR count). The van der Waals surface area contributed by atoms with Gasteiger partial charge < -0.3 is 32.6 Å². The lowest BCUT2D eigenvalue weighted by molar-refractivity contribution is 0.466. The van der Waals surface area contributed by atoms with Crippen LogP contribution in [-0.4, -0.2) is 21.6 Å². The number of rotatable bonds is 6. The van der Waals surface area contributed by atoms with Gasteiger partial charge in [-0.1, -0.05) is 48.5 Å². The van der Waals surface area contributed by atoms with Crippen molar-refractivity contribution in [2.24, 2.45) is 0 Å². The van der Waals surface area contributed by atoms with Crippen molar-refractivity contribution in [2.75, 3.05) is 4.72 Å². The molecule has 3 aliphatic rings. The number of aryl methyl sites for hydroxylation is 1. The van der Waals surface area contributed by atoms with Crippen molar-refractivity contribution in [3.05, 3.63) is 103 Å². The maximum absolute atomic E-state index is 6.12. The van der Waals surface area contributed by atoms with Gasteiger partial charge in [0.1, 0.15) is 34.5 Å². The highest BCUT2D eigenvalue weighted by Gasteiger charge is 2.52. The Balaban J connectivity index is 1.09.